The highest BCUT2D eigenvalue weighted by atomic mass is 19.4. The number of hydrogen-bond donors (Lipinski definition) is 1. The summed E-state index contributed by atoms with van der Waals surface area (Å²) in [7, 11) is 0. The first-order valence-electron chi connectivity index (χ1n) is 12.5. The number of non-ortho nitro benzene ring substituents is 1. The zero-order valence-corrected chi connectivity index (χ0v) is 21.9. The van der Waals surface area contributed by atoms with Gasteiger partial charge in [0.1, 0.15) is 5.60 Å². The normalized spacial score (nSPS) is 16.7. The fourth-order valence-electron chi connectivity index (χ4n) is 4.70. The van der Waals surface area contributed by atoms with E-state index in [1.54, 1.807) is 51.1 Å². The van der Waals surface area contributed by atoms with Crippen LogP contribution < -0.4 is 0 Å². The monoisotopic (exact) mass is 548 g/mol. The molecule has 12 heteroatoms. The number of carbonyl (C=O) groups is 1. The summed E-state index contributed by atoms with van der Waals surface area (Å²) in [6, 6.07) is 12.6. The van der Waals surface area contributed by atoms with Gasteiger partial charge in [-0.05, 0) is 32.4 Å². The highest BCUT2D eigenvalue weighted by Gasteiger charge is 2.57. The third kappa shape index (κ3) is 6.17. The SMILES string of the molecule is CC(C)(C)OC(=O)N1CCN(CC(O)(c2cn(Cc3ccccc3)c3cc([N+](=O)[O-])ccc23)C(F)(F)F)CC1. The number of nitro benzene ring substituents is 1. The molecule has 1 fully saturated rings. The Hall–Kier alpha value is -3.64. The van der Waals surface area contributed by atoms with Gasteiger partial charge in [0.25, 0.3) is 5.69 Å². The quantitative estimate of drug-likeness (QED) is 0.347. The van der Waals surface area contributed by atoms with Crippen LogP contribution in [0.4, 0.5) is 23.7 Å². The average molecular weight is 549 g/mol. The molecule has 39 heavy (non-hydrogen) atoms. The Morgan fingerprint density at radius 3 is 2.26 bits per heavy atom. The summed E-state index contributed by atoms with van der Waals surface area (Å²) < 4.78 is 50.7. The lowest BCUT2D eigenvalue weighted by atomic mass is 9.91. The highest BCUT2D eigenvalue weighted by Crippen LogP contribution is 2.44. The van der Waals surface area contributed by atoms with Gasteiger partial charge in [0.15, 0.2) is 0 Å². The molecule has 0 radical (unpaired) electrons. The lowest BCUT2D eigenvalue weighted by Gasteiger charge is -2.40. The molecule has 9 nitrogen and oxygen atoms in total. The fraction of sp³-hybridized carbons (Fsp3) is 0.444. The maximum absolute atomic E-state index is 14.6. The lowest BCUT2D eigenvalue weighted by molar-refractivity contribution is -0.384. The molecular weight excluding hydrogens is 517 g/mol. The molecule has 0 bridgehead atoms. The third-order valence-corrected chi connectivity index (χ3v) is 6.66. The fourth-order valence-corrected chi connectivity index (χ4v) is 4.70. The highest BCUT2D eigenvalue weighted by molar-refractivity contribution is 5.87. The molecule has 1 aliphatic rings. The first-order chi connectivity index (χ1) is 18.2. The number of nitro groups is 1. The molecule has 1 aromatic heterocycles. The van der Waals surface area contributed by atoms with Crippen LogP contribution in [0.3, 0.4) is 0 Å². The van der Waals surface area contributed by atoms with Crippen molar-refractivity contribution in [1.82, 2.24) is 14.4 Å². The minimum Gasteiger partial charge on any atom is -0.444 e. The predicted octanol–water partition coefficient (Wildman–Crippen LogP) is 4.90. The van der Waals surface area contributed by atoms with E-state index >= 15 is 0 Å². The molecule has 4 rings (SSSR count). The molecule has 1 aliphatic heterocycles. The number of amides is 1. The van der Waals surface area contributed by atoms with Crippen LogP contribution in [-0.4, -0.2) is 75.0 Å². The first-order valence-corrected chi connectivity index (χ1v) is 12.5. The van der Waals surface area contributed by atoms with E-state index in [0.717, 1.165) is 11.6 Å². The molecule has 1 amide bonds. The van der Waals surface area contributed by atoms with Gasteiger partial charge in [0, 0.05) is 68.5 Å². The van der Waals surface area contributed by atoms with E-state index in [2.05, 4.69) is 0 Å². The number of alkyl halides is 3. The maximum Gasteiger partial charge on any atom is 0.422 e. The molecule has 1 unspecified atom stereocenters. The zero-order chi connectivity index (χ0) is 28.6. The van der Waals surface area contributed by atoms with Gasteiger partial charge >= 0.3 is 12.3 Å². The molecule has 1 atom stereocenters. The molecular formula is C27H31F3N4O5. The van der Waals surface area contributed by atoms with Crippen molar-refractivity contribution in [2.45, 2.75) is 44.7 Å². The van der Waals surface area contributed by atoms with Crippen LogP contribution in [0.5, 0.6) is 0 Å². The second kappa shape index (κ2) is 10.5. The van der Waals surface area contributed by atoms with Crippen molar-refractivity contribution in [3.63, 3.8) is 0 Å². The molecule has 1 saturated heterocycles. The molecule has 1 N–H and O–H groups in total. The van der Waals surface area contributed by atoms with E-state index in [-0.39, 0.29) is 54.9 Å². The van der Waals surface area contributed by atoms with Crippen molar-refractivity contribution < 1.29 is 32.7 Å². The maximum atomic E-state index is 14.6. The number of aliphatic hydroxyl groups is 1. The van der Waals surface area contributed by atoms with Crippen molar-refractivity contribution >= 4 is 22.7 Å². The van der Waals surface area contributed by atoms with E-state index in [1.807, 2.05) is 0 Å². The van der Waals surface area contributed by atoms with Crippen LogP contribution in [0.25, 0.3) is 10.9 Å². The molecule has 0 saturated carbocycles. The summed E-state index contributed by atoms with van der Waals surface area (Å²) in [4.78, 5) is 26.1. The van der Waals surface area contributed by atoms with Crippen molar-refractivity contribution in [3.8, 4) is 0 Å². The number of ether oxygens (including phenoxy) is 1. The summed E-state index contributed by atoms with van der Waals surface area (Å²) in [5, 5.41) is 22.8. The van der Waals surface area contributed by atoms with Crippen LogP contribution in [0, 0.1) is 10.1 Å². The van der Waals surface area contributed by atoms with Crippen molar-refractivity contribution in [2.75, 3.05) is 32.7 Å². The van der Waals surface area contributed by atoms with Crippen molar-refractivity contribution in [2.24, 2.45) is 0 Å². The van der Waals surface area contributed by atoms with Gasteiger partial charge in [-0.15, -0.1) is 0 Å². The number of carbonyl (C=O) groups excluding carboxylic acids is 1. The second-order valence-corrected chi connectivity index (χ2v) is 10.7. The number of rotatable bonds is 6. The van der Waals surface area contributed by atoms with Crippen LogP contribution in [0.1, 0.15) is 31.9 Å². The Morgan fingerprint density at radius 1 is 1.05 bits per heavy atom. The molecule has 2 aromatic carbocycles. The van der Waals surface area contributed by atoms with Gasteiger partial charge in [-0.1, -0.05) is 30.3 Å². The second-order valence-electron chi connectivity index (χ2n) is 10.7. The van der Waals surface area contributed by atoms with Gasteiger partial charge in [0.2, 0.25) is 5.60 Å². The van der Waals surface area contributed by atoms with Gasteiger partial charge in [-0.3, -0.25) is 15.0 Å². The Kier molecular flexibility index (Phi) is 7.63. The van der Waals surface area contributed by atoms with Gasteiger partial charge < -0.3 is 19.3 Å². The minimum atomic E-state index is -5.05. The van der Waals surface area contributed by atoms with E-state index in [4.69, 9.17) is 4.74 Å². The number of fused-ring (bicyclic) bond motifs is 1. The number of piperazine rings is 1. The molecule has 2 heterocycles. The third-order valence-electron chi connectivity index (χ3n) is 6.66. The van der Waals surface area contributed by atoms with Crippen molar-refractivity contribution in [1.29, 1.82) is 0 Å². The molecule has 0 aliphatic carbocycles. The lowest BCUT2D eigenvalue weighted by Crippen LogP contribution is -2.56. The summed E-state index contributed by atoms with van der Waals surface area (Å²) in [6.45, 7) is 5.07. The Labute approximate surface area is 223 Å². The summed E-state index contributed by atoms with van der Waals surface area (Å²) in [5.74, 6) is 0. The summed E-state index contributed by atoms with van der Waals surface area (Å²) >= 11 is 0. The van der Waals surface area contributed by atoms with E-state index in [9.17, 15) is 33.2 Å². The zero-order valence-electron chi connectivity index (χ0n) is 21.9. The van der Waals surface area contributed by atoms with Gasteiger partial charge in [-0.25, -0.2) is 4.79 Å². The van der Waals surface area contributed by atoms with E-state index in [1.165, 1.54) is 32.7 Å². The summed E-state index contributed by atoms with van der Waals surface area (Å²) in [6.07, 6.45) is -4.37. The topological polar surface area (TPSA) is 101 Å². The predicted molar refractivity (Wildman–Crippen MR) is 138 cm³/mol. The molecule has 0 spiro atoms. The van der Waals surface area contributed by atoms with Crippen LogP contribution in [-0.2, 0) is 16.9 Å². The van der Waals surface area contributed by atoms with Crippen LogP contribution in [0.2, 0.25) is 0 Å². The molecule has 210 valence electrons. The Bertz CT molecular complexity index is 1350. The number of benzene rings is 2. The number of nitrogens with zero attached hydrogens (tertiary/aromatic N) is 4. The average Bonchev–Trinajstić information content (AvgIpc) is 3.21. The largest absolute Gasteiger partial charge is 0.444 e. The van der Waals surface area contributed by atoms with Crippen LogP contribution in [0.15, 0.2) is 54.7 Å². The Morgan fingerprint density at radius 2 is 1.69 bits per heavy atom. The van der Waals surface area contributed by atoms with Gasteiger partial charge in [-0.2, -0.15) is 13.2 Å². The smallest absolute Gasteiger partial charge is 0.422 e. The summed E-state index contributed by atoms with van der Waals surface area (Å²) in [5.41, 5.74) is -3.63. The number of aromatic nitrogens is 1. The minimum absolute atomic E-state index is 0.0729. The number of halogens is 3. The number of hydrogen-bond acceptors (Lipinski definition) is 6. The van der Waals surface area contributed by atoms with Crippen LogP contribution >= 0.6 is 0 Å². The number of β-amino-alcohol motifs (C(OH)–C–C–N with tert-alkyl or cyclic N) is 1. The van der Waals surface area contributed by atoms with E-state index in [0.29, 0.717) is 0 Å². The van der Waals surface area contributed by atoms with Gasteiger partial charge in [0.05, 0.1) is 10.4 Å². The molecule has 3 aromatic rings. The van der Waals surface area contributed by atoms with E-state index < -0.39 is 34.9 Å². The van der Waals surface area contributed by atoms with Crippen molar-refractivity contribution in [3.05, 3.63) is 76.0 Å². The Balaban J connectivity index is 1.67. The first kappa shape index (κ1) is 28.4. The standard InChI is InChI=1S/C27H31F3N4O5/c1-25(2,3)39-24(35)32-13-11-31(12-14-32)18-26(36,27(28,29)30)22-17-33(16-19-7-5-4-6-8-19)23-15-20(34(37)38)9-10-21(22)23/h4-10,15,17,36H,11-14,16,18H2,1-3H3.